The molecule has 1 heterocycles. The zero-order valence-corrected chi connectivity index (χ0v) is 17.4. The fourth-order valence-electron chi connectivity index (χ4n) is 5.96. The third-order valence-corrected chi connectivity index (χ3v) is 9.40. The van der Waals surface area contributed by atoms with Crippen molar-refractivity contribution in [3.05, 3.63) is 0 Å². The van der Waals surface area contributed by atoms with Gasteiger partial charge >= 0.3 is 6.03 Å². The van der Waals surface area contributed by atoms with Crippen LogP contribution in [0.3, 0.4) is 0 Å². The molecule has 3 aliphatic carbocycles. The molecular formula is C22H35N3OS. The Morgan fingerprint density at radius 3 is 2.15 bits per heavy atom. The van der Waals surface area contributed by atoms with E-state index in [2.05, 4.69) is 11.4 Å². The molecule has 0 radical (unpaired) electrons. The number of nitriles is 1. The lowest BCUT2D eigenvalue weighted by Crippen LogP contribution is -2.54. The van der Waals surface area contributed by atoms with Gasteiger partial charge in [0, 0.05) is 6.04 Å². The molecule has 2 atom stereocenters. The average molecular weight is 390 g/mol. The van der Waals surface area contributed by atoms with Gasteiger partial charge in [0.05, 0.1) is 16.2 Å². The number of amides is 2. The van der Waals surface area contributed by atoms with E-state index in [9.17, 15) is 10.1 Å². The van der Waals surface area contributed by atoms with Crippen LogP contribution in [0.4, 0.5) is 4.79 Å². The summed E-state index contributed by atoms with van der Waals surface area (Å²) in [7, 11) is 0. The van der Waals surface area contributed by atoms with Crippen LogP contribution in [-0.2, 0) is 0 Å². The van der Waals surface area contributed by atoms with E-state index in [1.165, 1.54) is 70.6 Å². The number of carbonyl (C=O) groups excluding carboxylic acids is 1. The molecule has 4 nitrogen and oxygen atoms in total. The van der Waals surface area contributed by atoms with Crippen molar-refractivity contribution >= 4 is 17.8 Å². The van der Waals surface area contributed by atoms with Gasteiger partial charge in [-0.25, -0.2) is 4.79 Å². The first kappa shape index (κ1) is 19.4. The lowest BCUT2D eigenvalue weighted by molar-refractivity contribution is 0.142. The van der Waals surface area contributed by atoms with Crippen LogP contribution in [0.1, 0.15) is 96.3 Å². The Balaban J connectivity index is 1.56. The van der Waals surface area contributed by atoms with Gasteiger partial charge in [-0.2, -0.15) is 5.26 Å². The van der Waals surface area contributed by atoms with Crippen LogP contribution in [-0.4, -0.2) is 33.1 Å². The standard InChI is InChI=1S/C22H35N3OS/c23-16-19-22(14-8-3-9-15-22)27-20(17-10-4-1-5-11-17)25(19)21(26)24-18-12-6-2-7-13-18/h17-20H,1-15H2,(H,24,26). The van der Waals surface area contributed by atoms with Gasteiger partial charge in [0.25, 0.3) is 0 Å². The van der Waals surface area contributed by atoms with E-state index >= 15 is 0 Å². The van der Waals surface area contributed by atoms with Crippen molar-refractivity contribution in [2.75, 3.05) is 0 Å². The van der Waals surface area contributed by atoms with Gasteiger partial charge in [0.15, 0.2) is 0 Å². The van der Waals surface area contributed by atoms with E-state index in [0.29, 0.717) is 12.0 Å². The number of thioether (sulfide) groups is 1. The molecule has 4 fully saturated rings. The highest BCUT2D eigenvalue weighted by Crippen LogP contribution is 2.55. The number of nitrogens with zero attached hydrogens (tertiary/aromatic N) is 2. The monoisotopic (exact) mass is 389 g/mol. The summed E-state index contributed by atoms with van der Waals surface area (Å²) < 4.78 is -0.0149. The molecule has 1 saturated heterocycles. The molecule has 5 heteroatoms. The topological polar surface area (TPSA) is 56.1 Å². The fourth-order valence-corrected chi connectivity index (χ4v) is 8.05. The predicted molar refractivity (Wildman–Crippen MR) is 110 cm³/mol. The zero-order valence-electron chi connectivity index (χ0n) is 16.6. The molecule has 1 N–H and O–H groups in total. The number of rotatable bonds is 2. The second-order valence-corrected chi connectivity index (χ2v) is 10.8. The van der Waals surface area contributed by atoms with Crippen molar-refractivity contribution in [2.24, 2.45) is 5.92 Å². The largest absolute Gasteiger partial charge is 0.335 e. The SMILES string of the molecule is N#CC1N(C(=O)NC2CCCCC2)C(C2CCCCC2)SC12CCCCC2. The Morgan fingerprint density at radius 2 is 1.52 bits per heavy atom. The number of hydrogen-bond donors (Lipinski definition) is 1. The molecule has 2 amide bonds. The van der Waals surface area contributed by atoms with E-state index in [-0.39, 0.29) is 22.2 Å². The summed E-state index contributed by atoms with van der Waals surface area (Å²) in [5, 5.41) is 13.7. The van der Waals surface area contributed by atoms with Crippen LogP contribution in [0.25, 0.3) is 0 Å². The third-order valence-electron chi connectivity index (χ3n) is 7.45. The highest BCUT2D eigenvalue weighted by atomic mass is 32.2. The van der Waals surface area contributed by atoms with Gasteiger partial charge in [-0.3, -0.25) is 4.90 Å². The second-order valence-electron chi connectivity index (χ2n) is 9.26. The zero-order chi connectivity index (χ0) is 18.7. The second kappa shape index (κ2) is 8.64. The molecule has 3 saturated carbocycles. The van der Waals surface area contributed by atoms with Gasteiger partial charge in [-0.15, -0.1) is 11.8 Å². The van der Waals surface area contributed by atoms with Crippen molar-refractivity contribution < 1.29 is 4.79 Å². The molecular weight excluding hydrogens is 354 g/mol. The van der Waals surface area contributed by atoms with Crippen LogP contribution in [0, 0.1) is 17.2 Å². The van der Waals surface area contributed by atoms with E-state index in [4.69, 9.17) is 0 Å². The van der Waals surface area contributed by atoms with Crippen molar-refractivity contribution in [3.8, 4) is 6.07 Å². The molecule has 4 aliphatic rings. The first-order valence-corrected chi connectivity index (χ1v) is 12.3. The minimum atomic E-state index is -0.252. The van der Waals surface area contributed by atoms with Crippen LogP contribution in [0.2, 0.25) is 0 Å². The third kappa shape index (κ3) is 3.97. The van der Waals surface area contributed by atoms with E-state index in [1.807, 2.05) is 16.7 Å². The maximum atomic E-state index is 13.4. The lowest BCUT2D eigenvalue weighted by atomic mass is 9.82. The minimum absolute atomic E-state index is 0.0149. The maximum absolute atomic E-state index is 13.4. The Kier molecular flexibility index (Phi) is 6.21. The van der Waals surface area contributed by atoms with E-state index < -0.39 is 0 Å². The van der Waals surface area contributed by atoms with Gasteiger partial charge < -0.3 is 5.32 Å². The van der Waals surface area contributed by atoms with Gasteiger partial charge in [-0.1, -0.05) is 57.8 Å². The molecule has 2 unspecified atom stereocenters. The molecule has 0 bridgehead atoms. The van der Waals surface area contributed by atoms with E-state index in [0.717, 1.165) is 25.7 Å². The summed E-state index contributed by atoms with van der Waals surface area (Å²) in [6, 6.07) is 2.72. The Bertz CT molecular complexity index is 556. The summed E-state index contributed by atoms with van der Waals surface area (Å²) >= 11 is 2.01. The molecule has 0 aromatic carbocycles. The van der Waals surface area contributed by atoms with Crippen LogP contribution < -0.4 is 5.32 Å². The summed E-state index contributed by atoms with van der Waals surface area (Å²) in [5.41, 5.74) is 0. The van der Waals surface area contributed by atoms with Crippen LogP contribution in [0.5, 0.6) is 0 Å². The van der Waals surface area contributed by atoms with Gasteiger partial charge in [0.1, 0.15) is 6.04 Å². The Labute approximate surface area is 168 Å². The summed E-state index contributed by atoms with van der Waals surface area (Å²) in [4.78, 5) is 15.4. The molecule has 1 aliphatic heterocycles. The first-order valence-electron chi connectivity index (χ1n) is 11.4. The quantitative estimate of drug-likeness (QED) is 0.671. The Morgan fingerprint density at radius 1 is 0.926 bits per heavy atom. The molecule has 27 heavy (non-hydrogen) atoms. The van der Waals surface area contributed by atoms with Crippen molar-refractivity contribution in [2.45, 2.75) is 119 Å². The molecule has 1 spiro atoms. The summed E-state index contributed by atoms with van der Waals surface area (Å²) in [6.07, 6.45) is 18.2. The smallest absolute Gasteiger partial charge is 0.319 e. The van der Waals surface area contributed by atoms with Crippen molar-refractivity contribution in [3.63, 3.8) is 0 Å². The van der Waals surface area contributed by atoms with Gasteiger partial charge in [0.2, 0.25) is 0 Å². The molecule has 0 aromatic rings. The molecule has 4 rings (SSSR count). The van der Waals surface area contributed by atoms with Crippen LogP contribution >= 0.6 is 11.8 Å². The van der Waals surface area contributed by atoms with Crippen molar-refractivity contribution in [1.82, 2.24) is 10.2 Å². The minimum Gasteiger partial charge on any atom is -0.335 e. The number of urea groups is 1. The Hall–Kier alpha value is -0.890. The summed E-state index contributed by atoms with van der Waals surface area (Å²) in [5.74, 6) is 0.568. The number of hydrogen-bond acceptors (Lipinski definition) is 3. The average Bonchev–Trinajstić information content (AvgIpc) is 3.03. The molecule has 150 valence electrons. The van der Waals surface area contributed by atoms with Crippen molar-refractivity contribution in [1.29, 1.82) is 5.26 Å². The lowest BCUT2D eigenvalue weighted by Gasteiger charge is -2.37. The first-order chi connectivity index (χ1) is 13.2. The normalized spacial score (nSPS) is 32.3. The van der Waals surface area contributed by atoms with E-state index in [1.54, 1.807) is 0 Å². The van der Waals surface area contributed by atoms with Gasteiger partial charge in [-0.05, 0) is 44.4 Å². The highest BCUT2D eigenvalue weighted by Gasteiger charge is 2.56. The highest BCUT2D eigenvalue weighted by molar-refractivity contribution is 8.01. The predicted octanol–water partition coefficient (Wildman–Crippen LogP) is 5.58. The number of nitrogens with one attached hydrogen (secondary N) is 1. The molecule has 0 aromatic heterocycles. The number of carbonyl (C=O) groups is 1. The van der Waals surface area contributed by atoms with Crippen LogP contribution in [0.15, 0.2) is 0 Å². The summed E-state index contributed by atoms with van der Waals surface area (Å²) in [6.45, 7) is 0. The maximum Gasteiger partial charge on any atom is 0.319 e. The fraction of sp³-hybridized carbons (Fsp3) is 0.909.